The maximum atomic E-state index is 11.8. The zero-order valence-corrected chi connectivity index (χ0v) is 9.91. The standard InChI is InChI=1S/C12H19NO2/c1-6-10-8-7-9(2)13(10)11(14)15-12(3,4)5/h1,9-10H,7-8H2,2-5H3/t9-,10+/m1/s1. The fourth-order valence-corrected chi connectivity index (χ4v) is 1.77. The molecular weight excluding hydrogens is 190 g/mol. The van der Waals surface area contributed by atoms with Crippen LogP contribution in [-0.2, 0) is 4.74 Å². The Morgan fingerprint density at radius 2 is 2.07 bits per heavy atom. The van der Waals surface area contributed by atoms with E-state index in [0.717, 1.165) is 12.8 Å². The average Bonchev–Trinajstić information content (AvgIpc) is 2.43. The molecule has 0 aromatic carbocycles. The van der Waals surface area contributed by atoms with E-state index < -0.39 is 5.60 Å². The van der Waals surface area contributed by atoms with Crippen molar-refractivity contribution in [3.8, 4) is 12.3 Å². The van der Waals surface area contributed by atoms with Gasteiger partial charge in [0.15, 0.2) is 0 Å². The van der Waals surface area contributed by atoms with Gasteiger partial charge in [-0.1, -0.05) is 5.92 Å². The fourth-order valence-electron chi connectivity index (χ4n) is 1.77. The van der Waals surface area contributed by atoms with Crippen LogP contribution in [0.15, 0.2) is 0 Å². The second kappa shape index (κ2) is 4.14. The van der Waals surface area contributed by atoms with Gasteiger partial charge in [0.2, 0.25) is 0 Å². The molecule has 1 rings (SSSR count). The lowest BCUT2D eigenvalue weighted by Crippen LogP contribution is -2.42. The second-order valence-electron chi connectivity index (χ2n) is 5.00. The molecule has 3 heteroatoms. The average molecular weight is 209 g/mol. The first-order chi connectivity index (χ1) is 6.85. The Kier molecular flexibility index (Phi) is 3.28. The van der Waals surface area contributed by atoms with Crippen LogP contribution in [0.3, 0.4) is 0 Å². The lowest BCUT2D eigenvalue weighted by Gasteiger charge is -2.29. The molecular formula is C12H19NO2. The van der Waals surface area contributed by atoms with Gasteiger partial charge in [0.1, 0.15) is 5.60 Å². The van der Waals surface area contributed by atoms with Crippen molar-refractivity contribution >= 4 is 6.09 Å². The summed E-state index contributed by atoms with van der Waals surface area (Å²) in [7, 11) is 0. The minimum Gasteiger partial charge on any atom is -0.444 e. The summed E-state index contributed by atoms with van der Waals surface area (Å²) in [4.78, 5) is 13.5. The van der Waals surface area contributed by atoms with Crippen molar-refractivity contribution in [2.45, 2.75) is 58.2 Å². The molecule has 0 spiro atoms. The third-order valence-electron chi connectivity index (χ3n) is 2.47. The molecule has 2 atom stereocenters. The summed E-state index contributed by atoms with van der Waals surface area (Å²) in [5.74, 6) is 2.64. The predicted molar refractivity (Wildman–Crippen MR) is 59.4 cm³/mol. The second-order valence-corrected chi connectivity index (χ2v) is 5.00. The number of ether oxygens (including phenoxy) is 1. The Balaban J connectivity index is 2.70. The van der Waals surface area contributed by atoms with E-state index >= 15 is 0 Å². The molecule has 1 aliphatic rings. The van der Waals surface area contributed by atoms with Crippen LogP contribution < -0.4 is 0 Å². The van der Waals surface area contributed by atoms with Gasteiger partial charge in [-0.2, -0.15) is 0 Å². The molecule has 0 unspecified atom stereocenters. The van der Waals surface area contributed by atoms with Crippen LogP contribution in [0.5, 0.6) is 0 Å². The lowest BCUT2D eigenvalue weighted by atomic mass is 10.2. The minimum absolute atomic E-state index is 0.102. The maximum Gasteiger partial charge on any atom is 0.411 e. The number of rotatable bonds is 0. The van der Waals surface area contributed by atoms with Crippen LogP contribution in [0, 0.1) is 12.3 Å². The predicted octanol–water partition coefficient (Wildman–Crippen LogP) is 2.41. The molecule has 1 amide bonds. The topological polar surface area (TPSA) is 29.5 Å². The quantitative estimate of drug-likeness (QED) is 0.573. The van der Waals surface area contributed by atoms with Crippen molar-refractivity contribution in [2.75, 3.05) is 0 Å². The SMILES string of the molecule is C#C[C@H]1CC[C@@H](C)N1C(=O)OC(C)(C)C. The molecule has 0 aromatic rings. The molecule has 0 aromatic heterocycles. The van der Waals surface area contributed by atoms with Gasteiger partial charge in [0.05, 0.1) is 6.04 Å². The van der Waals surface area contributed by atoms with Gasteiger partial charge in [0, 0.05) is 6.04 Å². The monoisotopic (exact) mass is 209 g/mol. The summed E-state index contributed by atoms with van der Waals surface area (Å²) in [6.45, 7) is 7.57. The number of carbonyl (C=O) groups excluding carboxylic acids is 1. The Labute approximate surface area is 91.8 Å². The molecule has 0 saturated carbocycles. The number of carbonyl (C=O) groups is 1. The van der Waals surface area contributed by atoms with Crippen LogP contribution in [0.4, 0.5) is 4.79 Å². The summed E-state index contributed by atoms with van der Waals surface area (Å²) in [5.41, 5.74) is -0.460. The van der Waals surface area contributed by atoms with Gasteiger partial charge < -0.3 is 4.74 Å². The molecule has 15 heavy (non-hydrogen) atoms. The van der Waals surface area contributed by atoms with Gasteiger partial charge in [-0.15, -0.1) is 6.42 Å². The molecule has 0 aliphatic carbocycles. The largest absolute Gasteiger partial charge is 0.444 e. The van der Waals surface area contributed by atoms with Crippen molar-refractivity contribution < 1.29 is 9.53 Å². The Morgan fingerprint density at radius 1 is 1.47 bits per heavy atom. The lowest BCUT2D eigenvalue weighted by molar-refractivity contribution is 0.0200. The fraction of sp³-hybridized carbons (Fsp3) is 0.750. The summed E-state index contributed by atoms with van der Waals surface area (Å²) < 4.78 is 5.32. The van der Waals surface area contributed by atoms with E-state index in [-0.39, 0.29) is 18.2 Å². The highest BCUT2D eigenvalue weighted by Gasteiger charge is 2.35. The normalized spacial score (nSPS) is 26.2. The molecule has 0 radical (unpaired) electrons. The van der Waals surface area contributed by atoms with Crippen molar-refractivity contribution in [3.05, 3.63) is 0 Å². The first-order valence-electron chi connectivity index (χ1n) is 5.32. The van der Waals surface area contributed by atoms with Crippen molar-refractivity contribution in [2.24, 2.45) is 0 Å². The molecule has 0 N–H and O–H groups in total. The summed E-state index contributed by atoms with van der Waals surface area (Å²) in [6, 6.07) is 0.0794. The van der Waals surface area contributed by atoms with E-state index in [9.17, 15) is 4.79 Å². The van der Waals surface area contributed by atoms with Gasteiger partial charge >= 0.3 is 6.09 Å². The Morgan fingerprint density at radius 3 is 2.53 bits per heavy atom. The smallest absolute Gasteiger partial charge is 0.411 e. The highest BCUT2D eigenvalue weighted by Crippen LogP contribution is 2.25. The maximum absolute atomic E-state index is 11.8. The van der Waals surface area contributed by atoms with E-state index in [1.807, 2.05) is 27.7 Å². The molecule has 3 nitrogen and oxygen atoms in total. The molecule has 0 bridgehead atoms. The Hall–Kier alpha value is -1.17. The van der Waals surface area contributed by atoms with E-state index in [1.54, 1.807) is 4.90 Å². The first kappa shape index (κ1) is 11.9. The van der Waals surface area contributed by atoms with Gasteiger partial charge in [-0.25, -0.2) is 4.79 Å². The molecule has 1 heterocycles. The Bertz CT molecular complexity index is 285. The third kappa shape index (κ3) is 2.89. The molecule has 1 saturated heterocycles. The van der Waals surface area contributed by atoms with Crippen molar-refractivity contribution in [1.29, 1.82) is 0 Å². The molecule has 1 fully saturated rings. The van der Waals surface area contributed by atoms with E-state index in [4.69, 9.17) is 11.2 Å². The van der Waals surface area contributed by atoms with Gasteiger partial charge in [0.25, 0.3) is 0 Å². The molecule has 84 valence electrons. The van der Waals surface area contributed by atoms with E-state index in [0.29, 0.717) is 0 Å². The van der Waals surface area contributed by atoms with Crippen LogP contribution in [0.2, 0.25) is 0 Å². The number of likely N-dealkylation sites (tertiary alicyclic amines) is 1. The summed E-state index contributed by atoms with van der Waals surface area (Å²) in [6.07, 6.45) is 6.92. The van der Waals surface area contributed by atoms with Crippen LogP contribution in [-0.4, -0.2) is 28.7 Å². The number of amides is 1. The first-order valence-corrected chi connectivity index (χ1v) is 5.32. The van der Waals surface area contributed by atoms with E-state index in [1.165, 1.54) is 0 Å². The van der Waals surface area contributed by atoms with Crippen LogP contribution >= 0.6 is 0 Å². The zero-order chi connectivity index (χ0) is 11.6. The van der Waals surface area contributed by atoms with Crippen LogP contribution in [0.25, 0.3) is 0 Å². The van der Waals surface area contributed by atoms with E-state index in [2.05, 4.69) is 5.92 Å². The number of hydrogen-bond donors (Lipinski definition) is 0. The third-order valence-corrected chi connectivity index (χ3v) is 2.47. The number of terminal acetylenes is 1. The molecule has 1 aliphatic heterocycles. The van der Waals surface area contributed by atoms with Crippen molar-refractivity contribution in [3.63, 3.8) is 0 Å². The van der Waals surface area contributed by atoms with Gasteiger partial charge in [-0.3, -0.25) is 4.90 Å². The highest BCUT2D eigenvalue weighted by molar-refractivity contribution is 5.70. The zero-order valence-electron chi connectivity index (χ0n) is 9.91. The highest BCUT2D eigenvalue weighted by atomic mass is 16.6. The minimum atomic E-state index is -0.460. The van der Waals surface area contributed by atoms with Gasteiger partial charge in [-0.05, 0) is 40.5 Å². The number of nitrogens with zero attached hydrogens (tertiary/aromatic N) is 1. The number of hydrogen-bond acceptors (Lipinski definition) is 2. The summed E-state index contributed by atoms with van der Waals surface area (Å²) in [5, 5.41) is 0. The van der Waals surface area contributed by atoms with Crippen LogP contribution in [0.1, 0.15) is 40.5 Å². The van der Waals surface area contributed by atoms with Crippen molar-refractivity contribution in [1.82, 2.24) is 4.90 Å². The summed E-state index contributed by atoms with van der Waals surface area (Å²) >= 11 is 0.